The van der Waals surface area contributed by atoms with E-state index in [9.17, 15) is 4.39 Å². The normalized spacial score (nSPS) is 19.3. The minimum absolute atomic E-state index is 0.0441. The van der Waals surface area contributed by atoms with Crippen molar-refractivity contribution in [2.45, 2.75) is 25.4 Å². The zero-order valence-electron chi connectivity index (χ0n) is 13.6. The van der Waals surface area contributed by atoms with Gasteiger partial charge in [-0.25, -0.2) is 9.07 Å². The van der Waals surface area contributed by atoms with Gasteiger partial charge in [0.15, 0.2) is 0 Å². The minimum atomic E-state index is -0.388. The van der Waals surface area contributed by atoms with Gasteiger partial charge in [0.05, 0.1) is 12.1 Å². The fourth-order valence-electron chi connectivity index (χ4n) is 3.28. The highest BCUT2D eigenvalue weighted by atomic mass is 35.5. The predicted octanol–water partition coefficient (Wildman–Crippen LogP) is 4.11. The van der Waals surface area contributed by atoms with Crippen LogP contribution in [0.1, 0.15) is 35.2 Å². The third-order valence-electron chi connectivity index (χ3n) is 4.52. The number of nitrogens with zero attached hydrogens (tertiary/aromatic N) is 3. The molecule has 5 nitrogen and oxygen atoms in total. The highest BCUT2D eigenvalue weighted by Crippen LogP contribution is 2.41. The average Bonchev–Trinajstić information content (AvgIpc) is 2.95. The molecule has 128 valence electrons. The van der Waals surface area contributed by atoms with Crippen LogP contribution in [0.2, 0.25) is 5.02 Å². The Balaban J connectivity index is 1.81. The molecule has 0 spiro atoms. The van der Waals surface area contributed by atoms with E-state index in [4.69, 9.17) is 17.3 Å². The van der Waals surface area contributed by atoms with Crippen molar-refractivity contribution in [3.8, 4) is 0 Å². The quantitative estimate of drug-likeness (QED) is 0.724. The first-order valence-electron chi connectivity index (χ1n) is 8.02. The van der Waals surface area contributed by atoms with Crippen LogP contribution in [0.5, 0.6) is 0 Å². The number of benzene rings is 2. The maximum absolute atomic E-state index is 14.5. The molecule has 0 radical (unpaired) electrons. The number of hydrogen-bond donors (Lipinski definition) is 2. The van der Waals surface area contributed by atoms with Crippen molar-refractivity contribution in [1.82, 2.24) is 14.8 Å². The van der Waals surface area contributed by atoms with Crippen LogP contribution >= 0.6 is 11.6 Å². The summed E-state index contributed by atoms with van der Waals surface area (Å²) in [5.74, 6) is 0.297. The number of halogens is 2. The first-order chi connectivity index (χ1) is 12.0. The molecule has 0 unspecified atom stereocenters. The average molecular weight is 358 g/mol. The van der Waals surface area contributed by atoms with Crippen molar-refractivity contribution < 1.29 is 4.39 Å². The zero-order valence-corrected chi connectivity index (χ0v) is 14.3. The molecule has 2 heterocycles. The largest absolute Gasteiger partial charge is 0.366 e. The van der Waals surface area contributed by atoms with Gasteiger partial charge in [-0.15, -0.1) is 5.10 Å². The van der Waals surface area contributed by atoms with Crippen LogP contribution in [0.15, 0.2) is 42.5 Å². The summed E-state index contributed by atoms with van der Waals surface area (Å²) in [7, 11) is 0. The SMILES string of the molecule is Cc1ccc([C@H]2C[C@@H](c3c(F)cccc3Cl)n3nc(N)nc3N2)cc1. The number of anilines is 2. The molecule has 3 N–H and O–H groups in total. The van der Waals surface area contributed by atoms with E-state index in [1.165, 1.54) is 11.6 Å². The van der Waals surface area contributed by atoms with Crippen LogP contribution in [0, 0.1) is 12.7 Å². The Hall–Kier alpha value is -2.60. The lowest BCUT2D eigenvalue weighted by molar-refractivity contribution is 0.416. The van der Waals surface area contributed by atoms with Crippen molar-refractivity contribution in [3.63, 3.8) is 0 Å². The van der Waals surface area contributed by atoms with Crippen LogP contribution in [-0.2, 0) is 0 Å². The fourth-order valence-corrected chi connectivity index (χ4v) is 3.57. The Morgan fingerprint density at radius 2 is 2.00 bits per heavy atom. The van der Waals surface area contributed by atoms with Gasteiger partial charge in [0.25, 0.3) is 0 Å². The molecular formula is C18H17ClFN5. The van der Waals surface area contributed by atoms with Crippen LogP contribution in [0.25, 0.3) is 0 Å². The summed E-state index contributed by atoms with van der Waals surface area (Å²) in [4.78, 5) is 4.23. The summed E-state index contributed by atoms with van der Waals surface area (Å²) < 4.78 is 16.1. The van der Waals surface area contributed by atoms with Crippen molar-refractivity contribution in [2.75, 3.05) is 11.1 Å². The van der Waals surface area contributed by atoms with Gasteiger partial charge in [-0.2, -0.15) is 4.98 Å². The Morgan fingerprint density at radius 1 is 1.24 bits per heavy atom. The molecule has 0 fully saturated rings. The second kappa shape index (κ2) is 6.04. The molecule has 0 amide bonds. The fraction of sp³-hybridized carbons (Fsp3) is 0.222. The van der Waals surface area contributed by atoms with Gasteiger partial charge in [0.1, 0.15) is 5.82 Å². The summed E-state index contributed by atoms with van der Waals surface area (Å²) >= 11 is 6.30. The smallest absolute Gasteiger partial charge is 0.241 e. The Kier molecular flexibility index (Phi) is 3.84. The van der Waals surface area contributed by atoms with E-state index >= 15 is 0 Å². The Labute approximate surface area is 149 Å². The zero-order chi connectivity index (χ0) is 17.6. The van der Waals surface area contributed by atoms with Gasteiger partial charge in [0, 0.05) is 10.6 Å². The summed E-state index contributed by atoms with van der Waals surface area (Å²) in [6.45, 7) is 2.04. The number of rotatable bonds is 2. The molecule has 1 aliphatic heterocycles. The summed E-state index contributed by atoms with van der Waals surface area (Å²) in [5, 5.41) is 7.94. The molecule has 2 aromatic carbocycles. The standard InChI is InChI=1S/C18H17ClFN5/c1-10-5-7-11(8-6-10)14-9-15(16-12(19)3-2-4-13(16)20)25-18(22-14)23-17(21)24-25/h2-8,14-15H,9H2,1H3,(H3,21,22,23,24)/t14-,15+/m1/s1. The van der Waals surface area contributed by atoms with Crippen LogP contribution in [0.4, 0.5) is 16.3 Å². The van der Waals surface area contributed by atoms with Gasteiger partial charge in [-0.05, 0) is 31.0 Å². The van der Waals surface area contributed by atoms with Crippen molar-refractivity contribution in [2.24, 2.45) is 0 Å². The van der Waals surface area contributed by atoms with E-state index in [1.807, 2.05) is 6.92 Å². The number of fused-ring (bicyclic) bond motifs is 1. The number of aryl methyl sites for hydroxylation is 1. The van der Waals surface area contributed by atoms with Crippen LogP contribution < -0.4 is 11.1 Å². The van der Waals surface area contributed by atoms with Gasteiger partial charge < -0.3 is 11.1 Å². The van der Waals surface area contributed by atoms with E-state index in [0.717, 1.165) is 5.56 Å². The molecule has 1 aliphatic rings. The Morgan fingerprint density at radius 3 is 2.72 bits per heavy atom. The number of hydrogen-bond acceptors (Lipinski definition) is 4. The maximum Gasteiger partial charge on any atom is 0.241 e. The maximum atomic E-state index is 14.5. The van der Waals surface area contributed by atoms with Gasteiger partial charge in [-0.1, -0.05) is 47.5 Å². The minimum Gasteiger partial charge on any atom is -0.366 e. The van der Waals surface area contributed by atoms with Gasteiger partial charge in [-0.3, -0.25) is 0 Å². The summed E-state index contributed by atoms with van der Waals surface area (Å²) in [6.07, 6.45) is 0.583. The molecule has 1 aromatic heterocycles. The van der Waals surface area contributed by atoms with E-state index in [-0.39, 0.29) is 23.8 Å². The summed E-state index contributed by atoms with van der Waals surface area (Å²) in [6, 6.07) is 12.5. The lowest BCUT2D eigenvalue weighted by atomic mass is 9.92. The molecule has 25 heavy (non-hydrogen) atoms. The lowest BCUT2D eigenvalue weighted by Gasteiger charge is -2.32. The molecule has 3 aromatic rings. The lowest BCUT2D eigenvalue weighted by Crippen LogP contribution is -2.28. The molecular weight excluding hydrogens is 341 g/mol. The third-order valence-corrected chi connectivity index (χ3v) is 4.85. The molecule has 0 saturated heterocycles. The van der Waals surface area contributed by atoms with E-state index < -0.39 is 0 Å². The molecule has 4 rings (SSSR count). The number of aromatic nitrogens is 3. The Bertz CT molecular complexity index is 901. The number of nitrogens with one attached hydrogen (secondary N) is 1. The van der Waals surface area contributed by atoms with Crippen molar-refractivity contribution in [3.05, 3.63) is 70.0 Å². The topological polar surface area (TPSA) is 68.8 Å². The molecule has 0 aliphatic carbocycles. The second-order valence-corrected chi connectivity index (χ2v) is 6.64. The van der Waals surface area contributed by atoms with Gasteiger partial charge in [0.2, 0.25) is 11.9 Å². The molecule has 0 bridgehead atoms. The van der Waals surface area contributed by atoms with Crippen LogP contribution in [0.3, 0.4) is 0 Å². The number of nitrogen functional groups attached to an aromatic ring is 1. The van der Waals surface area contributed by atoms with Crippen molar-refractivity contribution >= 4 is 23.5 Å². The third kappa shape index (κ3) is 2.82. The number of nitrogens with two attached hydrogens (primary N) is 1. The highest BCUT2D eigenvalue weighted by Gasteiger charge is 2.33. The van der Waals surface area contributed by atoms with Gasteiger partial charge >= 0.3 is 0 Å². The van der Waals surface area contributed by atoms with E-state index in [1.54, 1.807) is 16.8 Å². The monoisotopic (exact) mass is 357 g/mol. The first-order valence-corrected chi connectivity index (χ1v) is 8.40. The molecule has 7 heteroatoms. The van der Waals surface area contributed by atoms with Crippen LogP contribution in [-0.4, -0.2) is 14.8 Å². The highest BCUT2D eigenvalue weighted by molar-refractivity contribution is 6.31. The molecule has 2 atom stereocenters. The molecule has 0 saturated carbocycles. The second-order valence-electron chi connectivity index (χ2n) is 6.23. The first kappa shape index (κ1) is 15.9. The van der Waals surface area contributed by atoms with E-state index in [0.29, 0.717) is 23.0 Å². The van der Waals surface area contributed by atoms with E-state index in [2.05, 4.69) is 39.7 Å². The predicted molar refractivity (Wildman–Crippen MR) is 96.1 cm³/mol. The summed E-state index contributed by atoms with van der Waals surface area (Å²) in [5.41, 5.74) is 8.45. The van der Waals surface area contributed by atoms with Crippen molar-refractivity contribution in [1.29, 1.82) is 0 Å².